The minimum atomic E-state index is 0.564. The van der Waals surface area contributed by atoms with Gasteiger partial charge in [-0.2, -0.15) is 0 Å². The number of ether oxygens (including phenoxy) is 1. The molecule has 0 aromatic carbocycles. The normalized spacial score (nSPS) is 27.4. The Kier molecular flexibility index (Phi) is 4.60. The van der Waals surface area contributed by atoms with Gasteiger partial charge in [-0.3, -0.25) is 0 Å². The third-order valence-electron chi connectivity index (χ3n) is 3.85. The molecule has 90 valence electrons. The Morgan fingerprint density at radius 1 is 1.47 bits per heavy atom. The Balaban J connectivity index is 2.43. The number of nitrogens with one attached hydrogen (secondary N) is 1. The number of methoxy groups -OCH3 is 1. The minimum Gasteiger partial charge on any atom is -0.385 e. The zero-order valence-electron chi connectivity index (χ0n) is 11.0. The molecule has 1 fully saturated rings. The molecule has 15 heavy (non-hydrogen) atoms. The molecule has 1 aliphatic carbocycles. The van der Waals surface area contributed by atoms with Crippen LogP contribution < -0.4 is 5.32 Å². The predicted molar refractivity (Wildman–Crippen MR) is 65.0 cm³/mol. The summed E-state index contributed by atoms with van der Waals surface area (Å²) in [5.41, 5.74) is 0.564. The molecule has 0 spiro atoms. The van der Waals surface area contributed by atoms with E-state index in [1.807, 2.05) is 0 Å². The lowest BCUT2D eigenvalue weighted by Crippen LogP contribution is -2.38. The summed E-state index contributed by atoms with van der Waals surface area (Å²) in [4.78, 5) is 0. The van der Waals surface area contributed by atoms with Crippen LogP contribution in [-0.2, 0) is 4.74 Å². The van der Waals surface area contributed by atoms with Crippen molar-refractivity contribution in [2.75, 3.05) is 20.3 Å². The largest absolute Gasteiger partial charge is 0.385 e. The predicted octanol–water partition coefficient (Wildman–Crippen LogP) is 2.68. The molecule has 3 unspecified atom stereocenters. The van der Waals surface area contributed by atoms with Gasteiger partial charge in [0.25, 0.3) is 0 Å². The first-order chi connectivity index (χ1) is 7.03. The summed E-state index contributed by atoms with van der Waals surface area (Å²) >= 11 is 0. The van der Waals surface area contributed by atoms with Crippen LogP contribution in [0.1, 0.15) is 40.5 Å². The molecule has 0 aromatic heterocycles. The maximum atomic E-state index is 5.17. The summed E-state index contributed by atoms with van der Waals surface area (Å²) in [6.07, 6.45) is 2.54. The van der Waals surface area contributed by atoms with Gasteiger partial charge in [0.1, 0.15) is 0 Å². The van der Waals surface area contributed by atoms with Gasteiger partial charge in [-0.15, -0.1) is 0 Å². The molecule has 1 N–H and O–H groups in total. The Labute approximate surface area is 94.8 Å². The van der Waals surface area contributed by atoms with E-state index in [0.29, 0.717) is 11.5 Å². The zero-order chi connectivity index (χ0) is 11.5. The highest BCUT2D eigenvalue weighted by atomic mass is 16.5. The van der Waals surface area contributed by atoms with E-state index in [-0.39, 0.29) is 0 Å². The number of hydrogen-bond acceptors (Lipinski definition) is 2. The molecular weight excluding hydrogens is 186 g/mol. The van der Waals surface area contributed by atoms with Crippen molar-refractivity contribution < 1.29 is 4.74 Å². The van der Waals surface area contributed by atoms with Gasteiger partial charge in [-0.25, -0.2) is 0 Å². The molecule has 0 heterocycles. The molecule has 1 saturated carbocycles. The van der Waals surface area contributed by atoms with E-state index >= 15 is 0 Å². The van der Waals surface area contributed by atoms with Crippen molar-refractivity contribution in [1.82, 2.24) is 5.32 Å². The fourth-order valence-electron chi connectivity index (χ4n) is 2.58. The van der Waals surface area contributed by atoms with E-state index in [2.05, 4.69) is 33.0 Å². The molecule has 3 atom stereocenters. The third-order valence-corrected chi connectivity index (χ3v) is 3.85. The van der Waals surface area contributed by atoms with Gasteiger partial charge in [0.05, 0.1) is 0 Å². The molecule has 2 heteroatoms. The highest BCUT2D eigenvalue weighted by molar-refractivity contribution is 5.03. The Bertz CT molecular complexity index is 191. The molecule has 0 saturated heterocycles. The molecule has 2 nitrogen and oxygen atoms in total. The topological polar surface area (TPSA) is 21.3 Å². The van der Waals surface area contributed by atoms with Crippen molar-refractivity contribution in [2.45, 2.75) is 46.6 Å². The number of hydrogen-bond donors (Lipinski definition) is 1. The summed E-state index contributed by atoms with van der Waals surface area (Å²) in [5, 5.41) is 3.65. The van der Waals surface area contributed by atoms with Gasteiger partial charge in [0.15, 0.2) is 0 Å². The summed E-state index contributed by atoms with van der Waals surface area (Å²) < 4.78 is 5.17. The molecule has 1 rings (SSSR count). The smallest absolute Gasteiger partial charge is 0.0465 e. The molecule has 0 radical (unpaired) electrons. The van der Waals surface area contributed by atoms with E-state index in [4.69, 9.17) is 4.74 Å². The number of rotatable bonds is 7. The summed E-state index contributed by atoms with van der Waals surface area (Å²) in [7, 11) is 1.79. The fraction of sp³-hybridized carbons (Fsp3) is 1.00. The van der Waals surface area contributed by atoms with Crippen molar-refractivity contribution in [3.8, 4) is 0 Å². The first-order valence-electron chi connectivity index (χ1n) is 6.25. The van der Waals surface area contributed by atoms with Crippen LogP contribution in [0, 0.1) is 17.3 Å². The lowest BCUT2D eigenvalue weighted by molar-refractivity contribution is 0.164. The van der Waals surface area contributed by atoms with Crippen LogP contribution in [-0.4, -0.2) is 26.3 Å². The molecule has 0 aliphatic heterocycles. The van der Waals surface area contributed by atoms with E-state index in [1.165, 1.54) is 12.8 Å². The minimum absolute atomic E-state index is 0.564. The van der Waals surface area contributed by atoms with Crippen LogP contribution in [0.5, 0.6) is 0 Å². The third kappa shape index (κ3) is 3.46. The molecule has 0 aromatic rings. The maximum Gasteiger partial charge on any atom is 0.0465 e. The van der Waals surface area contributed by atoms with Crippen molar-refractivity contribution >= 4 is 0 Å². The van der Waals surface area contributed by atoms with Crippen molar-refractivity contribution in [2.24, 2.45) is 17.3 Å². The Morgan fingerprint density at radius 2 is 2.07 bits per heavy atom. The van der Waals surface area contributed by atoms with Gasteiger partial charge < -0.3 is 10.1 Å². The fourth-order valence-corrected chi connectivity index (χ4v) is 2.58. The molecule has 0 bridgehead atoms. The van der Waals surface area contributed by atoms with Crippen molar-refractivity contribution in [3.63, 3.8) is 0 Å². The summed E-state index contributed by atoms with van der Waals surface area (Å²) in [5.74, 6) is 1.58. The SMILES string of the molecule is CCNC(C(C)CCOC)C1CC1(C)C. The van der Waals surface area contributed by atoms with Gasteiger partial charge in [-0.1, -0.05) is 27.7 Å². The Morgan fingerprint density at radius 3 is 2.47 bits per heavy atom. The second-order valence-electron chi connectivity index (χ2n) is 5.64. The van der Waals surface area contributed by atoms with Crippen LogP contribution >= 0.6 is 0 Å². The van der Waals surface area contributed by atoms with E-state index in [1.54, 1.807) is 7.11 Å². The molecular formula is C13H27NO. The van der Waals surface area contributed by atoms with E-state index in [9.17, 15) is 0 Å². The van der Waals surface area contributed by atoms with Gasteiger partial charge in [0, 0.05) is 19.8 Å². The van der Waals surface area contributed by atoms with Crippen LogP contribution in [0.2, 0.25) is 0 Å². The zero-order valence-corrected chi connectivity index (χ0v) is 11.0. The lowest BCUT2D eigenvalue weighted by atomic mass is 9.91. The average Bonchev–Trinajstić information content (AvgIpc) is 2.80. The van der Waals surface area contributed by atoms with Crippen LogP contribution in [0.4, 0.5) is 0 Å². The quantitative estimate of drug-likeness (QED) is 0.702. The van der Waals surface area contributed by atoms with Crippen molar-refractivity contribution in [1.29, 1.82) is 0 Å². The van der Waals surface area contributed by atoms with Gasteiger partial charge in [-0.05, 0) is 36.6 Å². The van der Waals surface area contributed by atoms with E-state index in [0.717, 1.165) is 25.0 Å². The average molecular weight is 213 g/mol. The molecule has 0 amide bonds. The summed E-state index contributed by atoms with van der Waals surface area (Å²) in [6, 6.07) is 0.681. The van der Waals surface area contributed by atoms with Crippen LogP contribution in [0.15, 0.2) is 0 Å². The van der Waals surface area contributed by atoms with Crippen LogP contribution in [0.3, 0.4) is 0 Å². The highest BCUT2D eigenvalue weighted by Gasteiger charge is 2.50. The maximum absolute atomic E-state index is 5.17. The second kappa shape index (κ2) is 5.31. The highest BCUT2D eigenvalue weighted by Crippen LogP contribution is 2.54. The lowest BCUT2D eigenvalue weighted by Gasteiger charge is -2.26. The Hall–Kier alpha value is -0.0800. The van der Waals surface area contributed by atoms with Crippen molar-refractivity contribution in [3.05, 3.63) is 0 Å². The van der Waals surface area contributed by atoms with Gasteiger partial charge in [0.2, 0.25) is 0 Å². The second-order valence-corrected chi connectivity index (χ2v) is 5.64. The molecule has 1 aliphatic rings. The monoisotopic (exact) mass is 213 g/mol. The first-order valence-corrected chi connectivity index (χ1v) is 6.25. The van der Waals surface area contributed by atoms with Gasteiger partial charge >= 0.3 is 0 Å². The van der Waals surface area contributed by atoms with E-state index < -0.39 is 0 Å². The standard InChI is InChI=1S/C13H27NO/c1-6-14-12(10(2)7-8-15-5)11-9-13(11,3)4/h10-12,14H,6-9H2,1-5H3. The van der Waals surface area contributed by atoms with Crippen LogP contribution in [0.25, 0.3) is 0 Å². The first kappa shape index (κ1) is 13.0. The summed E-state index contributed by atoms with van der Waals surface area (Å²) in [6.45, 7) is 11.3.